The average Bonchev–Trinajstić information content (AvgIpc) is 2.21. The topological polar surface area (TPSA) is 24.9 Å². The average molecular weight is 261 g/mol. The predicted octanol–water partition coefficient (Wildman–Crippen LogP) is 4.69. The van der Waals surface area contributed by atoms with Crippen LogP contribution in [0.1, 0.15) is 38.7 Å². The molecule has 16 heavy (non-hydrogen) atoms. The molecule has 1 atom stereocenters. The molecular formula is C12H18Cl2N2. The Balaban J connectivity index is 2.87. The largest absolute Gasteiger partial charge is 0.380 e. The molecule has 0 fully saturated rings. The Hall–Kier alpha value is -0.470. The van der Waals surface area contributed by atoms with Gasteiger partial charge in [-0.05, 0) is 31.4 Å². The number of pyridine rings is 1. The van der Waals surface area contributed by atoms with E-state index in [9.17, 15) is 0 Å². The number of nitrogens with zero attached hydrogens (tertiary/aromatic N) is 1. The van der Waals surface area contributed by atoms with Crippen LogP contribution in [0.3, 0.4) is 0 Å². The van der Waals surface area contributed by atoms with E-state index in [1.165, 1.54) is 0 Å². The van der Waals surface area contributed by atoms with Gasteiger partial charge in [-0.2, -0.15) is 0 Å². The molecule has 0 saturated carbocycles. The summed E-state index contributed by atoms with van der Waals surface area (Å²) in [5.41, 5.74) is 1.95. The van der Waals surface area contributed by atoms with E-state index in [1.807, 2.05) is 13.0 Å². The molecule has 1 unspecified atom stereocenters. The van der Waals surface area contributed by atoms with Gasteiger partial charge in [0.15, 0.2) is 5.15 Å². The lowest BCUT2D eigenvalue weighted by atomic mass is 10.1. The first kappa shape index (κ1) is 13.6. The molecule has 0 aliphatic carbocycles. The number of anilines is 1. The van der Waals surface area contributed by atoms with E-state index in [-0.39, 0.29) is 0 Å². The first-order valence-corrected chi connectivity index (χ1v) is 6.43. The lowest BCUT2D eigenvalue weighted by molar-refractivity contribution is 0.622. The van der Waals surface area contributed by atoms with Crippen LogP contribution in [0, 0.1) is 6.92 Å². The van der Waals surface area contributed by atoms with Crippen LogP contribution in [-0.4, -0.2) is 11.0 Å². The van der Waals surface area contributed by atoms with E-state index >= 15 is 0 Å². The minimum absolute atomic E-state index is 0.441. The summed E-state index contributed by atoms with van der Waals surface area (Å²) in [6.07, 6.45) is 3.37. The van der Waals surface area contributed by atoms with Gasteiger partial charge < -0.3 is 5.32 Å². The second-order valence-corrected chi connectivity index (χ2v) is 4.71. The SMILES string of the molecule is CCCC(CC)Nc1c(C)cc(Cl)nc1Cl. The van der Waals surface area contributed by atoms with Crippen molar-refractivity contribution in [2.45, 2.75) is 46.1 Å². The van der Waals surface area contributed by atoms with Crippen LogP contribution in [0.4, 0.5) is 5.69 Å². The molecule has 0 radical (unpaired) electrons. The first-order chi connectivity index (χ1) is 7.58. The number of halogens is 2. The normalized spacial score (nSPS) is 12.6. The third-order valence-corrected chi connectivity index (χ3v) is 3.09. The van der Waals surface area contributed by atoms with Crippen molar-refractivity contribution in [1.82, 2.24) is 4.98 Å². The highest BCUT2D eigenvalue weighted by molar-refractivity contribution is 6.34. The van der Waals surface area contributed by atoms with Gasteiger partial charge in [0, 0.05) is 6.04 Å². The Labute approximate surface area is 107 Å². The zero-order chi connectivity index (χ0) is 12.1. The van der Waals surface area contributed by atoms with Gasteiger partial charge in [-0.25, -0.2) is 4.98 Å². The van der Waals surface area contributed by atoms with Crippen molar-refractivity contribution < 1.29 is 0 Å². The van der Waals surface area contributed by atoms with Crippen LogP contribution in [0.5, 0.6) is 0 Å². The quantitative estimate of drug-likeness (QED) is 0.778. The van der Waals surface area contributed by atoms with Gasteiger partial charge in [-0.15, -0.1) is 0 Å². The molecule has 1 rings (SSSR count). The molecule has 4 heteroatoms. The number of aryl methyl sites for hydroxylation is 1. The molecule has 0 spiro atoms. The molecule has 0 aliphatic heterocycles. The lowest BCUT2D eigenvalue weighted by Crippen LogP contribution is -2.19. The van der Waals surface area contributed by atoms with Gasteiger partial charge in [0.25, 0.3) is 0 Å². The number of aromatic nitrogens is 1. The van der Waals surface area contributed by atoms with E-state index in [2.05, 4.69) is 24.1 Å². The Morgan fingerprint density at radius 1 is 1.38 bits per heavy atom. The molecule has 0 bridgehead atoms. The third kappa shape index (κ3) is 3.53. The zero-order valence-electron chi connectivity index (χ0n) is 9.98. The maximum atomic E-state index is 6.08. The van der Waals surface area contributed by atoms with Crippen LogP contribution >= 0.6 is 23.2 Å². The van der Waals surface area contributed by atoms with Crippen molar-refractivity contribution in [3.05, 3.63) is 21.9 Å². The van der Waals surface area contributed by atoms with Crippen LogP contribution in [0.25, 0.3) is 0 Å². The Kier molecular flexibility index (Phi) is 5.36. The summed E-state index contributed by atoms with van der Waals surface area (Å²) in [6.45, 7) is 6.33. The van der Waals surface area contributed by atoms with Crippen LogP contribution in [0.15, 0.2) is 6.07 Å². The maximum absolute atomic E-state index is 6.08. The van der Waals surface area contributed by atoms with Gasteiger partial charge in [0.2, 0.25) is 0 Å². The molecule has 0 aliphatic rings. The molecular weight excluding hydrogens is 243 g/mol. The smallest absolute Gasteiger partial charge is 0.154 e. The highest BCUT2D eigenvalue weighted by Gasteiger charge is 2.11. The molecule has 1 aromatic rings. The standard InChI is InChI=1S/C12H18Cl2N2/c1-4-6-9(5-2)15-11-8(3)7-10(13)16-12(11)14/h7,9,15H,4-6H2,1-3H3. The van der Waals surface area contributed by atoms with Crippen molar-refractivity contribution >= 4 is 28.9 Å². The maximum Gasteiger partial charge on any atom is 0.154 e. The highest BCUT2D eigenvalue weighted by Crippen LogP contribution is 2.27. The number of rotatable bonds is 5. The summed E-state index contributed by atoms with van der Waals surface area (Å²) in [6, 6.07) is 2.28. The van der Waals surface area contributed by atoms with E-state index in [4.69, 9.17) is 23.2 Å². The second-order valence-electron chi connectivity index (χ2n) is 3.97. The fraction of sp³-hybridized carbons (Fsp3) is 0.583. The molecule has 1 heterocycles. The van der Waals surface area contributed by atoms with Crippen LogP contribution in [-0.2, 0) is 0 Å². The van der Waals surface area contributed by atoms with Crippen molar-refractivity contribution in [2.75, 3.05) is 5.32 Å². The summed E-state index contributed by atoms with van der Waals surface area (Å²) in [5.74, 6) is 0. The minimum atomic E-state index is 0.441. The lowest BCUT2D eigenvalue weighted by Gasteiger charge is -2.19. The summed E-state index contributed by atoms with van der Waals surface area (Å²) in [5, 5.41) is 4.34. The molecule has 1 aromatic heterocycles. The second kappa shape index (κ2) is 6.31. The zero-order valence-corrected chi connectivity index (χ0v) is 11.5. The van der Waals surface area contributed by atoms with Crippen molar-refractivity contribution in [3.8, 4) is 0 Å². The van der Waals surface area contributed by atoms with Crippen molar-refractivity contribution in [1.29, 1.82) is 0 Å². The fourth-order valence-corrected chi connectivity index (χ4v) is 2.29. The Bertz CT molecular complexity index is 330. The fourth-order valence-electron chi connectivity index (χ4n) is 1.70. The van der Waals surface area contributed by atoms with Crippen LogP contribution < -0.4 is 5.32 Å². The van der Waals surface area contributed by atoms with Gasteiger partial charge in [-0.3, -0.25) is 0 Å². The predicted molar refractivity (Wildman–Crippen MR) is 71.6 cm³/mol. The van der Waals surface area contributed by atoms with E-state index in [1.54, 1.807) is 0 Å². The van der Waals surface area contributed by atoms with Gasteiger partial charge in [0.1, 0.15) is 5.15 Å². The molecule has 2 nitrogen and oxygen atoms in total. The number of nitrogens with one attached hydrogen (secondary N) is 1. The van der Waals surface area contributed by atoms with Gasteiger partial charge in [0.05, 0.1) is 5.69 Å². The van der Waals surface area contributed by atoms with E-state index in [0.29, 0.717) is 16.3 Å². The first-order valence-electron chi connectivity index (χ1n) is 5.67. The molecule has 0 amide bonds. The van der Waals surface area contributed by atoms with E-state index < -0.39 is 0 Å². The molecule has 1 N–H and O–H groups in total. The monoisotopic (exact) mass is 260 g/mol. The highest BCUT2D eigenvalue weighted by atomic mass is 35.5. The molecule has 0 aromatic carbocycles. The number of hydrogen-bond acceptors (Lipinski definition) is 2. The summed E-state index contributed by atoms with van der Waals surface area (Å²) in [7, 11) is 0. The molecule has 90 valence electrons. The van der Waals surface area contributed by atoms with Crippen molar-refractivity contribution in [2.24, 2.45) is 0 Å². The Morgan fingerprint density at radius 3 is 2.56 bits per heavy atom. The minimum Gasteiger partial charge on any atom is -0.380 e. The van der Waals surface area contributed by atoms with Crippen LogP contribution in [0.2, 0.25) is 10.3 Å². The third-order valence-electron chi connectivity index (χ3n) is 2.62. The molecule has 0 saturated heterocycles. The van der Waals surface area contributed by atoms with Crippen molar-refractivity contribution in [3.63, 3.8) is 0 Å². The van der Waals surface area contributed by atoms with Gasteiger partial charge >= 0.3 is 0 Å². The number of hydrogen-bond donors (Lipinski definition) is 1. The van der Waals surface area contributed by atoms with E-state index in [0.717, 1.165) is 30.5 Å². The van der Waals surface area contributed by atoms with Gasteiger partial charge in [-0.1, -0.05) is 43.5 Å². The Morgan fingerprint density at radius 2 is 2.06 bits per heavy atom. The summed E-state index contributed by atoms with van der Waals surface area (Å²) < 4.78 is 0. The summed E-state index contributed by atoms with van der Waals surface area (Å²) in [4.78, 5) is 4.05. The summed E-state index contributed by atoms with van der Waals surface area (Å²) >= 11 is 11.9.